The van der Waals surface area contributed by atoms with Crippen LogP contribution in [0.1, 0.15) is 23.6 Å². The molecule has 27 heavy (non-hydrogen) atoms. The molecule has 0 saturated heterocycles. The van der Waals surface area contributed by atoms with Crippen molar-refractivity contribution in [2.45, 2.75) is 24.3 Å². The second-order valence-electron chi connectivity index (χ2n) is 6.03. The first-order valence-corrected chi connectivity index (χ1v) is 9.59. The molecule has 0 fully saturated rings. The van der Waals surface area contributed by atoms with Crippen LogP contribution >= 0.6 is 23.4 Å². The van der Waals surface area contributed by atoms with E-state index >= 15 is 0 Å². The van der Waals surface area contributed by atoms with Gasteiger partial charge in [0.25, 0.3) is 0 Å². The monoisotopic (exact) mass is 397 g/mol. The molecular weight excluding hydrogens is 382 g/mol. The predicted molar refractivity (Wildman–Crippen MR) is 105 cm³/mol. The topological polar surface area (TPSA) is 69.6 Å². The third-order valence-corrected chi connectivity index (χ3v) is 5.25. The van der Waals surface area contributed by atoms with E-state index in [1.165, 1.54) is 17.3 Å². The third-order valence-electron chi connectivity index (χ3n) is 3.97. The van der Waals surface area contributed by atoms with Crippen LogP contribution in [0.3, 0.4) is 0 Å². The maximum atomic E-state index is 6.09. The van der Waals surface area contributed by atoms with Crippen molar-refractivity contribution >= 4 is 23.4 Å². The summed E-state index contributed by atoms with van der Waals surface area (Å²) in [5.41, 5.74) is 2.98. The van der Waals surface area contributed by atoms with Crippen LogP contribution in [0.5, 0.6) is 0 Å². The second kappa shape index (κ2) is 7.54. The van der Waals surface area contributed by atoms with Gasteiger partial charge in [0.1, 0.15) is 6.33 Å². The molecule has 4 aromatic rings. The van der Waals surface area contributed by atoms with Gasteiger partial charge in [-0.15, -0.1) is 20.4 Å². The molecule has 2 heterocycles. The van der Waals surface area contributed by atoms with Crippen molar-refractivity contribution in [1.82, 2.24) is 25.0 Å². The van der Waals surface area contributed by atoms with Gasteiger partial charge in [-0.2, -0.15) is 0 Å². The Hall–Kier alpha value is -2.64. The predicted octanol–water partition coefficient (Wildman–Crippen LogP) is 5.13. The molecular formula is C19H16ClN5OS. The Labute approximate surface area is 165 Å². The average molecular weight is 398 g/mol. The van der Waals surface area contributed by atoms with Crippen LogP contribution < -0.4 is 0 Å². The van der Waals surface area contributed by atoms with Crippen LogP contribution in [0.2, 0.25) is 5.02 Å². The van der Waals surface area contributed by atoms with E-state index in [2.05, 4.69) is 20.4 Å². The van der Waals surface area contributed by atoms with Crippen molar-refractivity contribution in [1.29, 1.82) is 0 Å². The molecule has 0 aliphatic heterocycles. The lowest BCUT2D eigenvalue weighted by atomic mass is 10.1. The number of rotatable bonds is 5. The molecule has 4 rings (SSSR count). The number of thioether (sulfide) groups is 1. The zero-order chi connectivity index (χ0) is 18.8. The summed E-state index contributed by atoms with van der Waals surface area (Å²) in [4.78, 5) is 0. The molecule has 0 amide bonds. The quantitative estimate of drug-likeness (QED) is 0.434. The minimum Gasteiger partial charge on any atom is -0.419 e. The van der Waals surface area contributed by atoms with Crippen LogP contribution in [-0.2, 0) is 0 Å². The van der Waals surface area contributed by atoms with Crippen LogP contribution in [0.15, 0.2) is 64.4 Å². The maximum Gasteiger partial charge on any atom is 0.247 e. The molecule has 0 aliphatic carbocycles. The Morgan fingerprint density at radius 1 is 1.07 bits per heavy atom. The highest BCUT2D eigenvalue weighted by Gasteiger charge is 2.19. The third kappa shape index (κ3) is 3.89. The molecule has 6 nitrogen and oxygen atoms in total. The standard InChI is InChI=1S/C19H16ClN5OS/c1-12-6-8-14(9-7-12)18-23-22-17(26-18)13(2)27-19-24-21-11-25(19)16-5-3-4-15(20)10-16/h3-11,13H,1-2H3. The van der Waals surface area contributed by atoms with Gasteiger partial charge in [0, 0.05) is 10.6 Å². The maximum absolute atomic E-state index is 6.09. The van der Waals surface area contributed by atoms with E-state index in [4.69, 9.17) is 16.0 Å². The number of hydrogen-bond acceptors (Lipinski definition) is 6. The van der Waals surface area contributed by atoms with Gasteiger partial charge in [0.05, 0.1) is 10.9 Å². The van der Waals surface area contributed by atoms with Gasteiger partial charge in [-0.05, 0) is 44.2 Å². The molecule has 0 saturated carbocycles. The molecule has 0 spiro atoms. The normalized spacial score (nSPS) is 12.3. The van der Waals surface area contributed by atoms with Crippen LogP contribution in [-0.4, -0.2) is 25.0 Å². The molecule has 8 heteroatoms. The fourth-order valence-corrected chi connectivity index (χ4v) is 3.59. The fraction of sp³-hybridized carbons (Fsp3) is 0.158. The van der Waals surface area contributed by atoms with E-state index in [0.29, 0.717) is 16.8 Å². The Kier molecular flexibility index (Phi) is 4.96. The Morgan fingerprint density at radius 3 is 2.67 bits per heavy atom. The first-order chi connectivity index (χ1) is 13.1. The number of halogens is 1. The van der Waals surface area contributed by atoms with Gasteiger partial charge in [-0.1, -0.05) is 47.1 Å². The van der Waals surface area contributed by atoms with Crippen molar-refractivity contribution in [3.8, 4) is 17.1 Å². The van der Waals surface area contributed by atoms with Gasteiger partial charge >= 0.3 is 0 Å². The van der Waals surface area contributed by atoms with Gasteiger partial charge in [-0.25, -0.2) is 0 Å². The minimum atomic E-state index is -0.0844. The smallest absolute Gasteiger partial charge is 0.247 e. The van der Waals surface area contributed by atoms with Crippen molar-refractivity contribution in [2.75, 3.05) is 0 Å². The summed E-state index contributed by atoms with van der Waals surface area (Å²) < 4.78 is 7.74. The summed E-state index contributed by atoms with van der Waals surface area (Å²) in [6, 6.07) is 15.5. The lowest BCUT2D eigenvalue weighted by Crippen LogP contribution is -1.97. The SMILES string of the molecule is Cc1ccc(-c2nnc(C(C)Sc3nncn3-c3cccc(Cl)c3)o2)cc1. The van der Waals surface area contributed by atoms with Crippen LogP contribution in [0.4, 0.5) is 0 Å². The van der Waals surface area contributed by atoms with E-state index < -0.39 is 0 Å². The summed E-state index contributed by atoms with van der Waals surface area (Å²) in [6.07, 6.45) is 1.66. The lowest BCUT2D eigenvalue weighted by molar-refractivity contribution is 0.509. The summed E-state index contributed by atoms with van der Waals surface area (Å²) in [6.45, 7) is 4.03. The highest BCUT2D eigenvalue weighted by molar-refractivity contribution is 7.99. The fourth-order valence-electron chi connectivity index (χ4n) is 2.53. The molecule has 0 bridgehead atoms. The van der Waals surface area contributed by atoms with Crippen molar-refractivity contribution in [3.63, 3.8) is 0 Å². The Balaban J connectivity index is 1.55. The van der Waals surface area contributed by atoms with Gasteiger partial charge < -0.3 is 4.42 Å². The van der Waals surface area contributed by atoms with Crippen molar-refractivity contribution in [3.05, 3.63) is 71.3 Å². The molecule has 2 aromatic carbocycles. The van der Waals surface area contributed by atoms with Crippen LogP contribution in [0.25, 0.3) is 17.1 Å². The van der Waals surface area contributed by atoms with E-state index in [9.17, 15) is 0 Å². The largest absolute Gasteiger partial charge is 0.419 e. The Morgan fingerprint density at radius 2 is 1.89 bits per heavy atom. The Bertz CT molecular complexity index is 1060. The van der Waals surface area contributed by atoms with Crippen LogP contribution in [0, 0.1) is 6.92 Å². The second-order valence-corrected chi connectivity index (χ2v) is 7.78. The molecule has 136 valence electrons. The molecule has 2 aromatic heterocycles. The molecule has 0 radical (unpaired) electrons. The molecule has 1 unspecified atom stereocenters. The number of hydrogen-bond donors (Lipinski definition) is 0. The number of nitrogens with zero attached hydrogens (tertiary/aromatic N) is 5. The average Bonchev–Trinajstić information content (AvgIpc) is 3.32. The molecule has 1 atom stereocenters. The summed E-state index contributed by atoms with van der Waals surface area (Å²) >= 11 is 7.58. The van der Waals surface area contributed by atoms with Crippen molar-refractivity contribution < 1.29 is 4.42 Å². The minimum absolute atomic E-state index is 0.0844. The number of aromatic nitrogens is 5. The summed E-state index contributed by atoms with van der Waals surface area (Å²) in [7, 11) is 0. The number of benzene rings is 2. The summed E-state index contributed by atoms with van der Waals surface area (Å²) in [5.74, 6) is 1.05. The van der Waals surface area contributed by atoms with E-state index in [0.717, 1.165) is 16.4 Å². The highest BCUT2D eigenvalue weighted by atomic mass is 35.5. The zero-order valence-corrected chi connectivity index (χ0v) is 16.3. The van der Waals surface area contributed by atoms with Gasteiger partial charge in [-0.3, -0.25) is 4.57 Å². The number of aryl methyl sites for hydroxylation is 1. The van der Waals surface area contributed by atoms with Gasteiger partial charge in [0.15, 0.2) is 5.16 Å². The lowest BCUT2D eigenvalue weighted by Gasteiger charge is -2.09. The first-order valence-electron chi connectivity index (χ1n) is 8.33. The molecule has 0 N–H and O–H groups in total. The van der Waals surface area contributed by atoms with Crippen molar-refractivity contribution in [2.24, 2.45) is 0 Å². The van der Waals surface area contributed by atoms with E-state index in [1.54, 1.807) is 6.33 Å². The van der Waals surface area contributed by atoms with E-state index in [1.807, 2.05) is 66.9 Å². The highest BCUT2D eigenvalue weighted by Crippen LogP contribution is 2.35. The zero-order valence-electron chi connectivity index (χ0n) is 14.7. The molecule has 0 aliphatic rings. The first kappa shape index (κ1) is 17.8. The summed E-state index contributed by atoms with van der Waals surface area (Å²) in [5, 5.41) is 17.9. The van der Waals surface area contributed by atoms with E-state index in [-0.39, 0.29) is 5.25 Å². The van der Waals surface area contributed by atoms with Gasteiger partial charge in [0.2, 0.25) is 11.8 Å².